The smallest absolute Gasteiger partial charge is 0.185 e. The molecule has 1 rings (SSSR count). The van der Waals surface area contributed by atoms with Gasteiger partial charge < -0.3 is 4.74 Å². The first-order chi connectivity index (χ1) is 10.1. The summed E-state index contributed by atoms with van der Waals surface area (Å²) >= 11 is 1.36. The second-order valence-corrected chi connectivity index (χ2v) is 8.96. The van der Waals surface area contributed by atoms with Crippen LogP contribution in [-0.4, -0.2) is 17.5 Å². The van der Waals surface area contributed by atoms with Crippen molar-refractivity contribution in [2.24, 2.45) is 5.41 Å². The SMILES string of the molecule is CC(=O)SCCCOc1ccc(C(C)(C)CC(C)(C)C)cc1. The fourth-order valence-electron chi connectivity index (χ4n) is 2.90. The molecular weight excluding hydrogens is 292 g/mol. The molecule has 0 spiro atoms. The van der Waals surface area contributed by atoms with Gasteiger partial charge in [0.15, 0.2) is 5.12 Å². The molecule has 0 atom stereocenters. The van der Waals surface area contributed by atoms with Crippen LogP contribution in [0.25, 0.3) is 0 Å². The zero-order valence-corrected chi connectivity index (χ0v) is 15.7. The number of benzene rings is 1. The molecule has 0 aromatic heterocycles. The van der Waals surface area contributed by atoms with Crippen molar-refractivity contribution in [1.82, 2.24) is 0 Å². The highest BCUT2D eigenvalue weighted by molar-refractivity contribution is 8.13. The largest absolute Gasteiger partial charge is 0.494 e. The fraction of sp³-hybridized carbons (Fsp3) is 0.632. The summed E-state index contributed by atoms with van der Waals surface area (Å²) in [5.41, 5.74) is 1.82. The molecule has 2 nitrogen and oxygen atoms in total. The maximum Gasteiger partial charge on any atom is 0.185 e. The number of thioether (sulfide) groups is 1. The quantitative estimate of drug-likeness (QED) is 0.624. The van der Waals surface area contributed by atoms with Crippen LogP contribution in [0.4, 0.5) is 0 Å². The molecule has 0 bridgehead atoms. The molecule has 0 saturated heterocycles. The van der Waals surface area contributed by atoms with E-state index in [0.29, 0.717) is 12.0 Å². The molecule has 0 N–H and O–H groups in total. The highest BCUT2D eigenvalue weighted by Crippen LogP contribution is 2.36. The van der Waals surface area contributed by atoms with E-state index in [9.17, 15) is 4.79 Å². The van der Waals surface area contributed by atoms with Crippen molar-refractivity contribution in [3.63, 3.8) is 0 Å². The van der Waals surface area contributed by atoms with Gasteiger partial charge in [0, 0.05) is 12.7 Å². The predicted octanol–water partition coefficient (Wildman–Crippen LogP) is 5.45. The van der Waals surface area contributed by atoms with Crippen LogP contribution >= 0.6 is 11.8 Å². The summed E-state index contributed by atoms with van der Waals surface area (Å²) in [6.45, 7) is 13.7. The molecule has 22 heavy (non-hydrogen) atoms. The van der Waals surface area contributed by atoms with E-state index in [1.54, 1.807) is 6.92 Å². The Morgan fingerprint density at radius 2 is 1.68 bits per heavy atom. The predicted molar refractivity (Wildman–Crippen MR) is 96.8 cm³/mol. The first-order valence-corrected chi connectivity index (χ1v) is 8.95. The maximum absolute atomic E-state index is 10.8. The van der Waals surface area contributed by atoms with Crippen molar-refractivity contribution in [3.8, 4) is 5.75 Å². The lowest BCUT2D eigenvalue weighted by Gasteiger charge is -2.33. The van der Waals surface area contributed by atoms with E-state index >= 15 is 0 Å². The third-order valence-electron chi connectivity index (χ3n) is 3.47. The number of hydrogen-bond acceptors (Lipinski definition) is 3. The second kappa shape index (κ2) is 8.05. The summed E-state index contributed by atoms with van der Waals surface area (Å²) in [5.74, 6) is 1.73. The fourth-order valence-corrected chi connectivity index (χ4v) is 3.44. The molecule has 0 fully saturated rings. The monoisotopic (exact) mass is 322 g/mol. The van der Waals surface area contributed by atoms with E-state index in [1.165, 1.54) is 17.3 Å². The Bertz CT molecular complexity index is 469. The molecule has 1 aromatic carbocycles. The van der Waals surface area contributed by atoms with Crippen LogP contribution in [0.3, 0.4) is 0 Å². The third kappa shape index (κ3) is 7.35. The van der Waals surface area contributed by atoms with Crippen molar-refractivity contribution in [2.75, 3.05) is 12.4 Å². The van der Waals surface area contributed by atoms with Gasteiger partial charge in [0.25, 0.3) is 0 Å². The highest BCUT2D eigenvalue weighted by Gasteiger charge is 2.27. The minimum Gasteiger partial charge on any atom is -0.494 e. The van der Waals surface area contributed by atoms with E-state index in [0.717, 1.165) is 24.3 Å². The maximum atomic E-state index is 10.8. The first-order valence-electron chi connectivity index (χ1n) is 7.97. The Hall–Kier alpha value is -0.960. The van der Waals surface area contributed by atoms with Gasteiger partial charge in [-0.1, -0.05) is 58.5 Å². The number of hydrogen-bond donors (Lipinski definition) is 0. The van der Waals surface area contributed by atoms with Crippen molar-refractivity contribution in [1.29, 1.82) is 0 Å². The second-order valence-electron chi connectivity index (χ2n) is 7.69. The Kier molecular flexibility index (Phi) is 6.98. The van der Waals surface area contributed by atoms with Gasteiger partial charge in [0.2, 0.25) is 0 Å². The minimum atomic E-state index is 0.162. The normalized spacial score (nSPS) is 12.3. The molecule has 124 valence electrons. The molecule has 0 heterocycles. The summed E-state index contributed by atoms with van der Waals surface area (Å²) in [4.78, 5) is 10.8. The topological polar surface area (TPSA) is 26.3 Å². The van der Waals surface area contributed by atoms with Crippen LogP contribution in [-0.2, 0) is 10.2 Å². The Morgan fingerprint density at radius 1 is 1.09 bits per heavy atom. The summed E-state index contributed by atoms with van der Waals surface area (Å²) < 4.78 is 5.73. The zero-order valence-electron chi connectivity index (χ0n) is 14.9. The van der Waals surface area contributed by atoms with Crippen molar-refractivity contribution < 1.29 is 9.53 Å². The highest BCUT2D eigenvalue weighted by atomic mass is 32.2. The van der Waals surface area contributed by atoms with Crippen LogP contribution < -0.4 is 4.74 Å². The zero-order chi connectivity index (χ0) is 16.8. The van der Waals surface area contributed by atoms with E-state index in [4.69, 9.17) is 4.74 Å². The lowest BCUT2D eigenvalue weighted by atomic mass is 9.72. The van der Waals surface area contributed by atoms with Crippen molar-refractivity contribution >= 4 is 16.9 Å². The molecule has 0 aliphatic carbocycles. The Labute approximate surface area is 140 Å². The Balaban J connectivity index is 2.50. The third-order valence-corrected chi connectivity index (χ3v) is 4.37. The van der Waals surface area contributed by atoms with E-state index < -0.39 is 0 Å². The Morgan fingerprint density at radius 3 is 2.18 bits per heavy atom. The number of carbonyl (C=O) groups is 1. The molecule has 0 aliphatic rings. The van der Waals surface area contributed by atoms with Gasteiger partial charge >= 0.3 is 0 Å². The lowest BCUT2D eigenvalue weighted by Crippen LogP contribution is -2.24. The average molecular weight is 323 g/mol. The summed E-state index contributed by atoms with van der Waals surface area (Å²) in [6.07, 6.45) is 2.03. The molecule has 0 unspecified atom stereocenters. The summed E-state index contributed by atoms with van der Waals surface area (Å²) in [7, 11) is 0. The summed E-state index contributed by atoms with van der Waals surface area (Å²) in [5, 5.41) is 0.172. The molecule has 0 radical (unpaired) electrons. The van der Waals surface area contributed by atoms with Gasteiger partial charge in [-0.25, -0.2) is 0 Å². The molecule has 0 saturated carbocycles. The van der Waals surface area contributed by atoms with Crippen LogP contribution in [0.2, 0.25) is 0 Å². The van der Waals surface area contributed by atoms with E-state index in [2.05, 4.69) is 58.9 Å². The van der Waals surface area contributed by atoms with Crippen LogP contribution in [0.5, 0.6) is 5.75 Å². The van der Waals surface area contributed by atoms with E-state index in [-0.39, 0.29) is 10.5 Å². The molecule has 1 aromatic rings. The van der Waals surface area contributed by atoms with Crippen LogP contribution in [0.1, 0.15) is 59.9 Å². The van der Waals surface area contributed by atoms with Gasteiger partial charge in [-0.15, -0.1) is 0 Å². The van der Waals surface area contributed by atoms with Gasteiger partial charge in [-0.05, 0) is 41.4 Å². The number of ether oxygens (including phenoxy) is 1. The summed E-state index contributed by atoms with van der Waals surface area (Å²) in [6, 6.07) is 8.45. The average Bonchev–Trinajstić information content (AvgIpc) is 2.35. The van der Waals surface area contributed by atoms with Gasteiger partial charge in [-0.2, -0.15) is 0 Å². The van der Waals surface area contributed by atoms with Crippen LogP contribution in [0.15, 0.2) is 24.3 Å². The molecule has 0 aliphatic heterocycles. The van der Waals surface area contributed by atoms with Gasteiger partial charge in [-0.3, -0.25) is 4.79 Å². The van der Waals surface area contributed by atoms with Crippen molar-refractivity contribution in [2.45, 2.75) is 59.8 Å². The van der Waals surface area contributed by atoms with Crippen LogP contribution in [0, 0.1) is 5.41 Å². The molecule has 3 heteroatoms. The van der Waals surface area contributed by atoms with Crippen molar-refractivity contribution in [3.05, 3.63) is 29.8 Å². The molecular formula is C19H30O2S. The standard InChI is InChI=1S/C19H30O2S/c1-15(20)22-13-7-12-21-17-10-8-16(9-11-17)19(5,6)14-18(2,3)4/h8-11H,7,12-14H2,1-6H3. The number of carbonyl (C=O) groups excluding carboxylic acids is 1. The minimum absolute atomic E-state index is 0.162. The lowest BCUT2D eigenvalue weighted by molar-refractivity contribution is -0.109. The van der Waals surface area contributed by atoms with Gasteiger partial charge in [0.05, 0.1) is 6.61 Å². The molecule has 0 amide bonds. The first kappa shape index (κ1) is 19.1. The van der Waals surface area contributed by atoms with E-state index in [1.807, 2.05) is 0 Å². The van der Waals surface area contributed by atoms with Gasteiger partial charge in [0.1, 0.15) is 5.75 Å². The number of rotatable bonds is 7.